The number of likely N-dealkylation sites (N-methyl/N-ethyl adjacent to an activating group) is 1. The van der Waals surface area contributed by atoms with Gasteiger partial charge in [-0.2, -0.15) is 5.10 Å². The minimum absolute atomic E-state index is 0.168. The number of anilines is 3. The maximum atomic E-state index is 13.1. The third-order valence-electron chi connectivity index (χ3n) is 6.37. The second-order valence-electron chi connectivity index (χ2n) is 9.61. The molecule has 5 aromatic rings. The van der Waals surface area contributed by atoms with Crippen molar-refractivity contribution in [3.05, 3.63) is 96.3 Å². The predicted octanol–water partition coefficient (Wildman–Crippen LogP) is 5.34. The van der Waals surface area contributed by atoms with Gasteiger partial charge in [0.05, 0.1) is 23.6 Å². The summed E-state index contributed by atoms with van der Waals surface area (Å²) in [4.78, 5) is 40.7. The van der Waals surface area contributed by atoms with Crippen LogP contribution in [-0.4, -0.2) is 46.3 Å². The number of hydrogen-bond donors (Lipinski definition) is 5. The smallest absolute Gasteiger partial charge is 0.324 e. The standard InChI is InChI=1S/C31H30N8O4/c1-19-8-10-21(11-9-19)39-28(16-20(2)38-39)37-31(42)35-25-12-13-26(24-7-5-4-6-23(24)25)43-22-14-15-33-27(17-22)36-30(41)34-18-29(40)32-3/h4-17H,18H2,1-3H3,(H,32,40)(H2,35,37,42)(H2,33,34,36,41). The number of rotatable bonds is 8. The number of carbonyl (C=O) groups excluding carboxylic acids is 3. The van der Waals surface area contributed by atoms with E-state index in [1.807, 2.05) is 62.4 Å². The Morgan fingerprint density at radius 3 is 2.37 bits per heavy atom. The van der Waals surface area contributed by atoms with Crippen LogP contribution in [0, 0.1) is 13.8 Å². The highest BCUT2D eigenvalue weighted by Gasteiger charge is 2.14. The lowest BCUT2D eigenvalue weighted by Gasteiger charge is -2.15. The van der Waals surface area contributed by atoms with Crippen molar-refractivity contribution >= 4 is 46.1 Å². The molecule has 43 heavy (non-hydrogen) atoms. The average Bonchev–Trinajstić information content (AvgIpc) is 3.37. The number of urea groups is 2. The zero-order valence-corrected chi connectivity index (χ0v) is 23.8. The first-order valence-electron chi connectivity index (χ1n) is 13.4. The van der Waals surface area contributed by atoms with Crippen molar-refractivity contribution < 1.29 is 19.1 Å². The van der Waals surface area contributed by atoms with Gasteiger partial charge in [-0.1, -0.05) is 42.0 Å². The molecule has 0 aliphatic heterocycles. The van der Waals surface area contributed by atoms with Gasteiger partial charge < -0.3 is 20.7 Å². The molecule has 2 heterocycles. The van der Waals surface area contributed by atoms with Crippen LogP contribution in [0.15, 0.2) is 85.1 Å². The largest absolute Gasteiger partial charge is 0.457 e. The molecule has 218 valence electrons. The van der Waals surface area contributed by atoms with Gasteiger partial charge in [-0.15, -0.1) is 0 Å². The zero-order valence-electron chi connectivity index (χ0n) is 23.8. The molecule has 12 nitrogen and oxygen atoms in total. The topological polar surface area (TPSA) is 151 Å². The molecule has 12 heteroatoms. The van der Waals surface area contributed by atoms with Crippen molar-refractivity contribution in [2.75, 3.05) is 29.5 Å². The summed E-state index contributed by atoms with van der Waals surface area (Å²) in [6.45, 7) is 3.71. The van der Waals surface area contributed by atoms with Crippen LogP contribution in [0.3, 0.4) is 0 Å². The Bertz CT molecular complexity index is 1800. The van der Waals surface area contributed by atoms with Gasteiger partial charge in [0.2, 0.25) is 5.91 Å². The maximum Gasteiger partial charge on any atom is 0.324 e. The third kappa shape index (κ3) is 7.06. The summed E-state index contributed by atoms with van der Waals surface area (Å²) < 4.78 is 7.83. The van der Waals surface area contributed by atoms with Gasteiger partial charge in [-0.05, 0) is 44.2 Å². The van der Waals surface area contributed by atoms with Gasteiger partial charge in [0.25, 0.3) is 0 Å². The SMILES string of the molecule is CNC(=O)CNC(=O)Nc1cc(Oc2ccc(NC(=O)Nc3cc(C)nn3-c3ccc(C)cc3)c3ccccc23)ccn1. The lowest BCUT2D eigenvalue weighted by Crippen LogP contribution is -2.37. The second-order valence-corrected chi connectivity index (χ2v) is 9.61. The van der Waals surface area contributed by atoms with E-state index in [4.69, 9.17) is 4.74 Å². The molecular formula is C31H30N8O4. The molecule has 0 fully saturated rings. The molecule has 0 atom stereocenters. The van der Waals surface area contributed by atoms with Crippen molar-refractivity contribution in [2.45, 2.75) is 13.8 Å². The van der Waals surface area contributed by atoms with E-state index in [0.717, 1.165) is 27.7 Å². The van der Waals surface area contributed by atoms with E-state index in [1.165, 1.54) is 13.2 Å². The van der Waals surface area contributed by atoms with Crippen LogP contribution < -0.4 is 31.3 Å². The first kappa shape index (κ1) is 28.6. The minimum Gasteiger partial charge on any atom is -0.457 e. The van der Waals surface area contributed by atoms with Gasteiger partial charge in [-0.25, -0.2) is 19.3 Å². The van der Waals surface area contributed by atoms with E-state index in [-0.39, 0.29) is 18.3 Å². The van der Waals surface area contributed by atoms with E-state index < -0.39 is 12.1 Å². The molecule has 0 radical (unpaired) electrons. The molecule has 0 spiro atoms. The summed E-state index contributed by atoms with van der Waals surface area (Å²) in [5.41, 5.74) is 3.31. The first-order valence-corrected chi connectivity index (χ1v) is 13.4. The summed E-state index contributed by atoms with van der Waals surface area (Å²) in [6, 6.07) is 22.9. The molecule has 5 N–H and O–H groups in total. The molecule has 0 unspecified atom stereocenters. The molecule has 0 aliphatic carbocycles. The zero-order chi connectivity index (χ0) is 30.3. The number of hydrogen-bond acceptors (Lipinski definition) is 6. The van der Waals surface area contributed by atoms with Crippen molar-refractivity contribution in [1.82, 2.24) is 25.4 Å². The highest BCUT2D eigenvalue weighted by atomic mass is 16.5. The summed E-state index contributed by atoms with van der Waals surface area (Å²) in [5, 5.41) is 19.3. The van der Waals surface area contributed by atoms with Crippen molar-refractivity contribution in [3.8, 4) is 17.2 Å². The minimum atomic E-state index is -0.579. The van der Waals surface area contributed by atoms with Crippen LogP contribution in [0.1, 0.15) is 11.3 Å². The van der Waals surface area contributed by atoms with Gasteiger partial charge in [-0.3, -0.25) is 15.4 Å². The quantitative estimate of drug-likeness (QED) is 0.168. The van der Waals surface area contributed by atoms with Gasteiger partial charge >= 0.3 is 12.1 Å². The molecule has 5 amide bonds. The third-order valence-corrected chi connectivity index (χ3v) is 6.37. The van der Waals surface area contributed by atoms with E-state index in [1.54, 1.807) is 35.0 Å². The molecule has 5 rings (SSSR count). The number of aromatic nitrogens is 3. The van der Waals surface area contributed by atoms with Crippen molar-refractivity contribution in [2.24, 2.45) is 0 Å². The van der Waals surface area contributed by atoms with Gasteiger partial charge in [0, 0.05) is 36.1 Å². The fraction of sp³-hybridized carbons (Fsp3) is 0.129. The Kier molecular flexibility index (Phi) is 8.47. The lowest BCUT2D eigenvalue weighted by molar-refractivity contribution is -0.119. The molecule has 2 aromatic heterocycles. The molecule has 0 saturated heterocycles. The number of ether oxygens (including phenoxy) is 1. The second kappa shape index (κ2) is 12.7. The highest BCUT2D eigenvalue weighted by molar-refractivity contribution is 6.07. The summed E-state index contributed by atoms with van der Waals surface area (Å²) in [5.74, 6) is 1.42. The summed E-state index contributed by atoms with van der Waals surface area (Å²) in [6.07, 6.45) is 1.50. The maximum absolute atomic E-state index is 13.1. The lowest BCUT2D eigenvalue weighted by atomic mass is 10.1. The number of fused-ring (bicyclic) bond motifs is 1. The fourth-order valence-corrected chi connectivity index (χ4v) is 4.29. The van der Waals surface area contributed by atoms with E-state index in [9.17, 15) is 14.4 Å². The fourth-order valence-electron chi connectivity index (χ4n) is 4.29. The highest BCUT2D eigenvalue weighted by Crippen LogP contribution is 2.35. The molecular weight excluding hydrogens is 548 g/mol. The van der Waals surface area contributed by atoms with Crippen molar-refractivity contribution in [1.29, 1.82) is 0 Å². The average molecular weight is 579 g/mol. The molecule has 0 bridgehead atoms. The molecule has 3 aromatic carbocycles. The Morgan fingerprint density at radius 1 is 0.837 bits per heavy atom. The number of benzene rings is 3. The van der Waals surface area contributed by atoms with Crippen LogP contribution in [0.5, 0.6) is 11.5 Å². The molecule has 0 aliphatic rings. The number of nitrogens with one attached hydrogen (secondary N) is 5. The number of amides is 5. The molecule has 0 saturated carbocycles. The van der Waals surface area contributed by atoms with Crippen LogP contribution >= 0.6 is 0 Å². The Labute approximate surface area is 247 Å². The number of carbonyl (C=O) groups is 3. The van der Waals surface area contributed by atoms with Crippen LogP contribution in [0.4, 0.5) is 26.9 Å². The Hall–Kier alpha value is -5.91. The van der Waals surface area contributed by atoms with E-state index in [0.29, 0.717) is 23.0 Å². The van der Waals surface area contributed by atoms with Gasteiger partial charge in [0.1, 0.15) is 23.1 Å². The Balaban J connectivity index is 1.31. The van der Waals surface area contributed by atoms with E-state index >= 15 is 0 Å². The van der Waals surface area contributed by atoms with Crippen molar-refractivity contribution in [3.63, 3.8) is 0 Å². The number of nitrogens with zero attached hydrogens (tertiary/aromatic N) is 3. The first-order chi connectivity index (χ1) is 20.8. The predicted molar refractivity (Wildman–Crippen MR) is 165 cm³/mol. The summed E-state index contributed by atoms with van der Waals surface area (Å²) >= 11 is 0. The normalized spacial score (nSPS) is 10.6. The van der Waals surface area contributed by atoms with Crippen LogP contribution in [0.2, 0.25) is 0 Å². The van der Waals surface area contributed by atoms with Crippen LogP contribution in [0.25, 0.3) is 16.5 Å². The monoisotopic (exact) mass is 578 g/mol. The number of pyridine rings is 1. The number of aryl methyl sites for hydroxylation is 2. The van der Waals surface area contributed by atoms with Crippen LogP contribution in [-0.2, 0) is 4.79 Å². The Morgan fingerprint density at radius 2 is 1.60 bits per heavy atom. The van der Waals surface area contributed by atoms with Gasteiger partial charge in [0.15, 0.2) is 0 Å². The van der Waals surface area contributed by atoms with E-state index in [2.05, 4.69) is 36.7 Å². The summed E-state index contributed by atoms with van der Waals surface area (Å²) in [7, 11) is 1.48.